The van der Waals surface area contributed by atoms with Crippen LogP contribution in [0.15, 0.2) is 26.8 Å². The van der Waals surface area contributed by atoms with Gasteiger partial charge in [-0.15, -0.1) is 5.10 Å². The van der Waals surface area contributed by atoms with Crippen molar-refractivity contribution in [3.63, 3.8) is 0 Å². The van der Waals surface area contributed by atoms with Crippen molar-refractivity contribution in [2.45, 2.75) is 0 Å². The molecule has 8 nitrogen and oxygen atoms in total. The lowest BCUT2D eigenvalue weighted by molar-refractivity contribution is -0.402. The van der Waals surface area contributed by atoms with E-state index in [4.69, 9.17) is 15.9 Å². The average Bonchev–Trinajstić information content (AvgIpc) is 2.52. The molecular weight excluding hydrogens is 190 g/mol. The SMILES string of the molecule is NC(N)=N/N=C/c1ccc([N+](=O)[O-])o1. The van der Waals surface area contributed by atoms with E-state index >= 15 is 0 Å². The van der Waals surface area contributed by atoms with E-state index < -0.39 is 4.92 Å². The summed E-state index contributed by atoms with van der Waals surface area (Å²) in [7, 11) is 0. The summed E-state index contributed by atoms with van der Waals surface area (Å²) in [5.74, 6) is -0.375. The molecule has 1 aromatic heterocycles. The van der Waals surface area contributed by atoms with E-state index in [2.05, 4.69) is 10.2 Å². The molecule has 0 aliphatic heterocycles. The van der Waals surface area contributed by atoms with Gasteiger partial charge < -0.3 is 15.9 Å². The van der Waals surface area contributed by atoms with Crippen LogP contribution in [0.5, 0.6) is 0 Å². The first-order valence-corrected chi connectivity index (χ1v) is 3.46. The molecule has 14 heavy (non-hydrogen) atoms. The van der Waals surface area contributed by atoms with Crippen molar-refractivity contribution in [2.75, 3.05) is 0 Å². The molecule has 0 saturated carbocycles. The fraction of sp³-hybridized carbons (Fsp3) is 0. The predicted molar refractivity (Wildman–Crippen MR) is 48.8 cm³/mol. The molecule has 8 heteroatoms. The lowest BCUT2D eigenvalue weighted by Crippen LogP contribution is -2.21. The minimum absolute atomic E-state index is 0.196. The normalized spacial score (nSPS) is 10.3. The van der Waals surface area contributed by atoms with Gasteiger partial charge in [0.1, 0.15) is 4.92 Å². The van der Waals surface area contributed by atoms with E-state index in [1.165, 1.54) is 12.1 Å². The fourth-order valence-electron chi connectivity index (χ4n) is 0.662. The Kier molecular flexibility index (Phi) is 2.79. The Morgan fingerprint density at radius 3 is 2.79 bits per heavy atom. The van der Waals surface area contributed by atoms with Gasteiger partial charge in [-0.1, -0.05) is 0 Å². The van der Waals surface area contributed by atoms with Gasteiger partial charge in [-0.25, -0.2) is 0 Å². The number of nitrogens with two attached hydrogens (primary N) is 2. The average molecular weight is 197 g/mol. The highest BCUT2D eigenvalue weighted by Crippen LogP contribution is 2.13. The number of furan rings is 1. The maximum atomic E-state index is 10.2. The number of rotatable bonds is 3. The van der Waals surface area contributed by atoms with Crippen LogP contribution in [0.2, 0.25) is 0 Å². The smallest absolute Gasteiger partial charge is 0.400 e. The minimum atomic E-state index is -0.655. The third-order valence-corrected chi connectivity index (χ3v) is 1.15. The molecule has 0 aliphatic carbocycles. The molecule has 0 amide bonds. The number of hydrogen-bond donors (Lipinski definition) is 2. The summed E-state index contributed by atoms with van der Waals surface area (Å²) < 4.78 is 4.73. The van der Waals surface area contributed by atoms with Crippen molar-refractivity contribution >= 4 is 18.1 Å². The third kappa shape index (κ3) is 2.59. The molecule has 1 rings (SSSR count). The van der Waals surface area contributed by atoms with E-state index in [0.717, 1.165) is 6.21 Å². The van der Waals surface area contributed by atoms with Crippen LogP contribution in [0.25, 0.3) is 0 Å². The molecular formula is C6H7N5O3. The first-order chi connectivity index (χ1) is 6.59. The molecule has 74 valence electrons. The number of hydrogen-bond acceptors (Lipinski definition) is 5. The zero-order valence-electron chi connectivity index (χ0n) is 6.95. The summed E-state index contributed by atoms with van der Waals surface area (Å²) in [5.41, 5.74) is 9.97. The Morgan fingerprint density at radius 1 is 1.57 bits per heavy atom. The van der Waals surface area contributed by atoms with Gasteiger partial charge in [0, 0.05) is 0 Å². The number of nitrogens with zero attached hydrogens (tertiary/aromatic N) is 3. The van der Waals surface area contributed by atoms with Crippen LogP contribution in [0, 0.1) is 10.1 Å². The zero-order chi connectivity index (χ0) is 10.6. The maximum absolute atomic E-state index is 10.2. The summed E-state index contributed by atoms with van der Waals surface area (Å²) in [5, 5.41) is 16.9. The lowest BCUT2D eigenvalue weighted by Gasteiger charge is -1.83. The molecule has 0 saturated heterocycles. The topological polar surface area (TPSA) is 133 Å². The van der Waals surface area contributed by atoms with Gasteiger partial charge in [-0.05, 0) is 6.07 Å². The molecule has 0 radical (unpaired) electrons. The van der Waals surface area contributed by atoms with E-state index in [-0.39, 0.29) is 17.6 Å². The maximum Gasteiger partial charge on any atom is 0.433 e. The van der Waals surface area contributed by atoms with E-state index in [0.29, 0.717) is 0 Å². The van der Waals surface area contributed by atoms with Gasteiger partial charge in [0.15, 0.2) is 5.76 Å². The Hall–Kier alpha value is -2.38. The Bertz CT molecular complexity index is 390. The van der Waals surface area contributed by atoms with Crippen LogP contribution in [0.4, 0.5) is 5.88 Å². The molecule has 1 heterocycles. The van der Waals surface area contributed by atoms with Crippen molar-refractivity contribution in [3.05, 3.63) is 28.0 Å². The lowest BCUT2D eigenvalue weighted by atomic mass is 10.5. The van der Waals surface area contributed by atoms with E-state index in [9.17, 15) is 10.1 Å². The van der Waals surface area contributed by atoms with E-state index in [1.54, 1.807) is 0 Å². The Labute approximate surface area is 78.0 Å². The second kappa shape index (κ2) is 4.03. The zero-order valence-corrected chi connectivity index (χ0v) is 6.95. The van der Waals surface area contributed by atoms with Crippen molar-refractivity contribution in [1.82, 2.24) is 0 Å². The highest BCUT2D eigenvalue weighted by molar-refractivity contribution is 5.79. The van der Waals surface area contributed by atoms with E-state index in [1.807, 2.05) is 0 Å². The van der Waals surface area contributed by atoms with Crippen molar-refractivity contribution < 1.29 is 9.34 Å². The molecule has 1 aromatic rings. The van der Waals surface area contributed by atoms with Gasteiger partial charge in [0.2, 0.25) is 5.96 Å². The highest BCUT2D eigenvalue weighted by Gasteiger charge is 2.09. The second-order valence-corrected chi connectivity index (χ2v) is 2.20. The summed E-state index contributed by atoms with van der Waals surface area (Å²) in [4.78, 5) is 9.54. The standard InChI is InChI=1S/C6H7N5O3/c7-6(8)10-9-3-4-1-2-5(14-4)11(12)13/h1-3H,(H4,7,8,10)/b9-3+. The minimum Gasteiger partial charge on any atom is -0.400 e. The van der Waals surface area contributed by atoms with Crippen LogP contribution in [-0.2, 0) is 0 Å². The quantitative estimate of drug-likeness (QED) is 0.299. The molecule has 0 atom stereocenters. The van der Waals surface area contributed by atoms with Gasteiger partial charge >= 0.3 is 5.88 Å². The molecule has 0 aromatic carbocycles. The Morgan fingerprint density at radius 2 is 2.29 bits per heavy atom. The fourth-order valence-corrected chi connectivity index (χ4v) is 0.662. The van der Waals surface area contributed by atoms with Gasteiger partial charge in [0.25, 0.3) is 0 Å². The molecule has 0 fully saturated rings. The second-order valence-electron chi connectivity index (χ2n) is 2.20. The van der Waals surface area contributed by atoms with Crippen LogP contribution >= 0.6 is 0 Å². The monoisotopic (exact) mass is 197 g/mol. The van der Waals surface area contributed by atoms with Crippen LogP contribution in [-0.4, -0.2) is 17.1 Å². The molecule has 0 aliphatic rings. The van der Waals surface area contributed by atoms with Crippen molar-refractivity contribution in [1.29, 1.82) is 0 Å². The van der Waals surface area contributed by atoms with Gasteiger partial charge in [-0.3, -0.25) is 10.1 Å². The van der Waals surface area contributed by atoms with Crippen molar-refractivity contribution in [2.24, 2.45) is 21.7 Å². The van der Waals surface area contributed by atoms with Crippen LogP contribution in [0.1, 0.15) is 5.76 Å². The first-order valence-electron chi connectivity index (χ1n) is 3.46. The summed E-state index contributed by atoms with van der Waals surface area (Å²) in [6, 6.07) is 2.58. The highest BCUT2D eigenvalue weighted by atomic mass is 16.6. The van der Waals surface area contributed by atoms with Crippen LogP contribution < -0.4 is 11.5 Å². The summed E-state index contributed by atoms with van der Waals surface area (Å²) >= 11 is 0. The predicted octanol–water partition coefficient (Wildman–Crippen LogP) is -0.205. The molecule has 0 unspecified atom stereocenters. The summed E-state index contributed by atoms with van der Waals surface area (Å²) in [6.07, 6.45) is 1.16. The van der Waals surface area contributed by atoms with Crippen LogP contribution in [0.3, 0.4) is 0 Å². The summed E-state index contributed by atoms with van der Waals surface area (Å²) in [6.45, 7) is 0. The third-order valence-electron chi connectivity index (χ3n) is 1.15. The molecule has 0 spiro atoms. The molecule has 0 bridgehead atoms. The number of guanidine groups is 1. The molecule has 4 N–H and O–H groups in total. The van der Waals surface area contributed by atoms with Gasteiger partial charge in [0.05, 0.1) is 12.3 Å². The van der Waals surface area contributed by atoms with Crippen molar-refractivity contribution in [3.8, 4) is 0 Å². The first kappa shape index (κ1) is 9.71. The Balaban J connectivity index is 2.74. The van der Waals surface area contributed by atoms with Gasteiger partial charge in [-0.2, -0.15) is 5.10 Å². The largest absolute Gasteiger partial charge is 0.433 e. The number of nitro groups is 1.